The maximum Gasteiger partial charge on any atom is 0.351 e. The molecule has 0 aromatic heterocycles. The molecule has 5 heteroatoms. The second-order valence-corrected chi connectivity index (χ2v) is 5.19. The van der Waals surface area contributed by atoms with Gasteiger partial charge in [-0.1, -0.05) is 29.8 Å². The van der Waals surface area contributed by atoms with E-state index in [2.05, 4.69) is 0 Å². The summed E-state index contributed by atoms with van der Waals surface area (Å²) in [6, 6.07) is 14.9. The van der Waals surface area contributed by atoms with Crippen molar-refractivity contribution in [1.82, 2.24) is 0 Å². The van der Waals surface area contributed by atoms with Crippen molar-refractivity contribution < 1.29 is 23.7 Å². The van der Waals surface area contributed by atoms with Gasteiger partial charge in [-0.15, -0.1) is 0 Å². The molecule has 3 rings (SSSR count). The van der Waals surface area contributed by atoms with Crippen molar-refractivity contribution in [3.8, 4) is 17.2 Å². The highest BCUT2D eigenvalue weighted by Crippen LogP contribution is 2.31. The van der Waals surface area contributed by atoms with Crippen LogP contribution in [0.15, 0.2) is 48.5 Å². The molecular formula is C18H18O5. The van der Waals surface area contributed by atoms with Gasteiger partial charge in [0.2, 0.25) is 6.10 Å². The van der Waals surface area contributed by atoms with Crippen LogP contribution in [0.2, 0.25) is 0 Å². The number of aryl methyl sites for hydroxylation is 1. The van der Waals surface area contributed by atoms with Crippen molar-refractivity contribution in [2.45, 2.75) is 13.0 Å². The second kappa shape index (κ2) is 7.05. The molecule has 2 aromatic rings. The van der Waals surface area contributed by atoms with Gasteiger partial charge < -0.3 is 18.9 Å². The average Bonchev–Trinajstić information content (AvgIpc) is 2.59. The van der Waals surface area contributed by atoms with Crippen LogP contribution in [0.1, 0.15) is 5.56 Å². The third-order valence-corrected chi connectivity index (χ3v) is 3.39. The molecule has 5 nitrogen and oxygen atoms in total. The SMILES string of the molecule is Cc1ccc(OCCOC(=O)[C@H]2COc3ccccc3O2)cc1. The molecule has 1 aliphatic heterocycles. The molecule has 0 saturated carbocycles. The summed E-state index contributed by atoms with van der Waals surface area (Å²) >= 11 is 0. The lowest BCUT2D eigenvalue weighted by Crippen LogP contribution is -2.38. The van der Waals surface area contributed by atoms with Gasteiger partial charge in [-0.25, -0.2) is 4.79 Å². The molecule has 1 atom stereocenters. The number of carbonyl (C=O) groups excluding carboxylic acids is 1. The predicted octanol–water partition coefficient (Wildman–Crippen LogP) is 2.76. The molecule has 0 spiro atoms. The number of carbonyl (C=O) groups is 1. The molecule has 0 N–H and O–H groups in total. The fraction of sp³-hybridized carbons (Fsp3) is 0.278. The number of esters is 1. The zero-order chi connectivity index (χ0) is 16.1. The van der Waals surface area contributed by atoms with E-state index in [4.69, 9.17) is 18.9 Å². The van der Waals surface area contributed by atoms with Crippen LogP contribution in [0.3, 0.4) is 0 Å². The molecule has 0 amide bonds. The molecule has 23 heavy (non-hydrogen) atoms. The van der Waals surface area contributed by atoms with Crippen molar-refractivity contribution in [1.29, 1.82) is 0 Å². The normalized spacial score (nSPS) is 15.8. The molecule has 0 radical (unpaired) electrons. The predicted molar refractivity (Wildman–Crippen MR) is 84.0 cm³/mol. The van der Waals surface area contributed by atoms with Crippen LogP contribution in [0.5, 0.6) is 17.2 Å². The fourth-order valence-corrected chi connectivity index (χ4v) is 2.16. The van der Waals surface area contributed by atoms with E-state index in [1.54, 1.807) is 12.1 Å². The van der Waals surface area contributed by atoms with Crippen LogP contribution in [-0.4, -0.2) is 31.9 Å². The van der Waals surface area contributed by atoms with Crippen molar-refractivity contribution in [2.24, 2.45) is 0 Å². The quantitative estimate of drug-likeness (QED) is 0.627. The topological polar surface area (TPSA) is 54.0 Å². The summed E-state index contributed by atoms with van der Waals surface area (Å²) < 4.78 is 21.7. The average molecular weight is 314 g/mol. The Hall–Kier alpha value is -2.69. The summed E-state index contributed by atoms with van der Waals surface area (Å²) in [5.41, 5.74) is 1.17. The van der Waals surface area contributed by atoms with Crippen molar-refractivity contribution >= 4 is 5.97 Å². The van der Waals surface area contributed by atoms with Crippen LogP contribution < -0.4 is 14.2 Å². The van der Waals surface area contributed by atoms with Crippen LogP contribution in [0.25, 0.3) is 0 Å². The Morgan fingerprint density at radius 3 is 2.61 bits per heavy atom. The second-order valence-electron chi connectivity index (χ2n) is 5.19. The van der Waals surface area contributed by atoms with Crippen molar-refractivity contribution in [2.75, 3.05) is 19.8 Å². The summed E-state index contributed by atoms with van der Waals surface area (Å²) in [6.45, 7) is 2.61. The maximum absolute atomic E-state index is 12.0. The molecule has 0 unspecified atom stereocenters. The smallest absolute Gasteiger partial charge is 0.351 e. The highest BCUT2D eigenvalue weighted by Gasteiger charge is 2.28. The first-order valence-corrected chi connectivity index (χ1v) is 7.47. The van der Waals surface area contributed by atoms with Crippen molar-refractivity contribution in [3.63, 3.8) is 0 Å². The van der Waals surface area contributed by atoms with Crippen LogP contribution >= 0.6 is 0 Å². The van der Waals surface area contributed by atoms with Gasteiger partial charge >= 0.3 is 5.97 Å². The van der Waals surface area contributed by atoms with Crippen LogP contribution in [0, 0.1) is 6.92 Å². The van der Waals surface area contributed by atoms with Gasteiger partial charge in [0.15, 0.2) is 11.5 Å². The van der Waals surface area contributed by atoms with Gasteiger partial charge in [-0.05, 0) is 31.2 Å². The lowest BCUT2D eigenvalue weighted by molar-refractivity contribution is -0.155. The van der Waals surface area contributed by atoms with Gasteiger partial charge in [-0.3, -0.25) is 0 Å². The first-order valence-electron chi connectivity index (χ1n) is 7.47. The number of benzene rings is 2. The number of rotatable bonds is 5. The van der Waals surface area contributed by atoms with Gasteiger partial charge in [0.1, 0.15) is 25.6 Å². The Morgan fingerprint density at radius 1 is 1.09 bits per heavy atom. The lowest BCUT2D eigenvalue weighted by Gasteiger charge is -2.24. The van der Waals surface area contributed by atoms with E-state index in [1.165, 1.54) is 5.56 Å². The Balaban J connectivity index is 1.42. The molecule has 2 aromatic carbocycles. The Morgan fingerprint density at radius 2 is 1.83 bits per heavy atom. The van der Waals surface area contributed by atoms with E-state index in [0.717, 1.165) is 5.75 Å². The maximum atomic E-state index is 12.0. The Labute approximate surface area is 134 Å². The number of para-hydroxylation sites is 2. The Kier molecular flexibility index (Phi) is 4.66. The molecule has 1 heterocycles. The zero-order valence-corrected chi connectivity index (χ0v) is 12.9. The van der Waals surface area contributed by atoms with E-state index in [9.17, 15) is 4.79 Å². The molecule has 0 fully saturated rings. The number of hydrogen-bond acceptors (Lipinski definition) is 5. The van der Waals surface area contributed by atoms with Gasteiger partial charge in [0, 0.05) is 0 Å². The van der Waals surface area contributed by atoms with Crippen molar-refractivity contribution in [3.05, 3.63) is 54.1 Å². The standard InChI is InChI=1S/C18H18O5/c1-13-6-8-14(9-7-13)20-10-11-21-18(19)17-12-22-15-4-2-3-5-16(15)23-17/h2-9,17H,10-12H2,1H3/t17-/m1/s1. The van der Waals surface area contributed by atoms with E-state index in [1.807, 2.05) is 43.3 Å². The summed E-state index contributed by atoms with van der Waals surface area (Å²) in [5.74, 6) is 1.49. The monoisotopic (exact) mass is 314 g/mol. The van der Waals surface area contributed by atoms with Crippen LogP contribution in [0.4, 0.5) is 0 Å². The molecule has 0 aliphatic carbocycles. The highest BCUT2D eigenvalue weighted by molar-refractivity contribution is 5.76. The number of hydrogen-bond donors (Lipinski definition) is 0. The highest BCUT2D eigenvalue weighted by atomic mass is 16.6. The molecule has 0 saturated heterocycles. The van der Waals surface area contributed by atoms with E-state index in [-0.39, 0.29) is 13.2 Å². The number of fused-ring (bicyclic) bond motifs is 1. The van der Waals surface area contributed by atoms with E-state index in [0.29, 0.717) is 18.1 Å². The van der Waals surface area contributed by atoms with Gasteiger partial charge in [-0.2, -0.15) is 0 Å². The third kappa shape index (κ3) is 3.94. The summed E-state index contributed by atoms with van der Waals surface area (Å²) in [5, 5.41) is 0. The molecular weight excluding hydrogens is 296 g/mol. The first-order chi connectivity index (χ1) is 11.2. The molecule has 1 aliphatic rings. The zero-order valence-electron chi connectivity index (χ0n) is 12.9. The fourth-order valence-electron chi connectivity index (χ4n) is 2.16. The Bertz CT molecular complexity index is 665. The summed E-state index contributed by atoms with van der Waals surface area (Å²) in [4.78, 5) is 12.0. The largest absolute Gasteiger partial charge is 0.490 e. The van der Waals surface area contributed by atoms with E-state index >= 15 is 0 Å². The molecule has 0 bridgehead atoms. The van der Waals surface area contributed by atoms with Crippen LogP contribution in [-0.2, 0) is 9.53 Å². The third-order valence-electron chi connectivity index (χ3n) is 3.39. The minimum Gasteiger partial charge on any atom is -0.490 e. The lowest BCUT2D eigenvalue weighted by atomic mass is 10.2. The minimum absolute atomic E-state index is 0.147. The molecule has 120 valence electrons. The summed E-state index contributed by atoms with van der Waals surface area (Å²) in [7, 11) is 0. The summed E-state index contributed by atoms with van der Waals surface area (Å²) in [6.07, 6.45) is -0.746. The van der Waals surface area contributed by atoms with E-state index < -0.39 is 12.1 Å². The van der Waals surface area contributed by atoms with Gasteiger partial charge in [0.25, 0.3) is 0 Å². The number of ether oxygens (including phenoxy) is 4. The first kappa shape index (κ1) is 15.2. The van der Waals surface area contributed by atoms with Gasteiger partial charge in [0.05, 0.1) is 0 Å². The minimum atomic E-state index is -0.746.